The van der Waals surface area contributed by atoms with Crippen molar-refractivity contribution in [3.05, 3.63) is 42.7 Å². The minimum atomic E-state index is -3.67. The number of sulfone groups is 1. The first-order chi connectivity index (χ1) is 13.7. The molecule has 1 aromatic carbocycles. The number of amides is 1. The third-order valence-corrected chi connectivity index (χ3v) is 8.40. The third kappa shape index (κ3) is 5.03. The van der Waals surface area contributed by atoms with Gasteiger partial charge in [0.25, 0.3) is 0 Å². The summed E-state index contributed by atoms with van der Waals surface area (Å²) >= 11 is 0. The number of aryl methyl sites for hydroxylation is 1. The van der Waals surface area contributed by atoms with Gasteiger partial charge >= 0.3 is 0 Å². The Hall–Kier alpha value is -2.24. The Balaban J connectivity index is 1.60. The maximum absolute atomic E-state index is 12.7. The molecule has 2 aromatic rings. The Morgan fingerprint density at radius 3 is 2.38 bits per heavy atom. The molecule has 0 N–H and O–H groups in total. The molecule has 11 heteroatoms. The number of aromatic nitrogens is 2. The first kappa shape index (κ1) is 21.5. The fourth-order valence-corrected chi connectivity index (χ4v) is 5.90. The second-order valence-corrected chi connectivity index (χ2v) is 10.9. The number of benzene rings is 1. The summed E-state index contributed by atoms with van der Waals surface area (Å²) in [7, 11) is -5.56. The largest absolute Gasteiger partial charge is 0.341 e. The number of rotatable bonds is 6. The van der Waals surface area contributed by atoms with Crippen LogP contribution in [-0.4, -0.2) is 73.7 Å². The van der Waals surface area contributed by atoms with Crippen molar-refractivity contribution >= 4 is 25.8 Å². The number of carbonyl (C=O) groups excluding carboxylic acids is 1. The molecule has 158 valence electrons. The SMILES string of the molecule is Cn1cc(S(=O)(=O)N2CCCN(C(=O)CCS(=O)(=O)c3ccccc3)CC2)cn1. The van der Waals surface area contributed by atoms with E-state index in [2.05, 4.69) is 5.10 Å². The van der Waals surface area contributed by atoms with Gasteiger partial charge in [0.1, 0.15) is 4.90 Å². The number of carbonyl (C=O) groups is 1. The van der Waals surface area contributed by atoms with Gasteiger partial charge in [0, 0.05) is 45.8 Å². The summed E-state index contributed by atoms with van der Waals surface area (Å²) < 4.78 is 53.0. The van der Waals surface area contributed by atoms with Crippen molar-refractivity contribution in [1.29, 1.82) is 0 Å². The van der Waals surface area contributed by atoms with Crippen LogP contribution in [0.25, 0.3) is 0 Å². The van der Waals surface area contributed by atoms with Gasteiger partial charge in [0.2, 0.25) is 15.9 Å². The fourth-order valence-electron chi connectivity index (χ4n) is 3.19. The highest BCUT2D eigenvalue weighted by Gasteiger charge is 2.29. The van der Waals surface area contributed by atoms with Crippen LogP contribution >= 0.6 is 0 Å². The molecule has 3 rings (SSSR count). The summed E-state index contributed by atoms with van der Waals surface area (Å²) in [5, 5.41) is 3.91. The Kier molecular flexibility index (Phi) is 6.39. The molecule has 29 heavy (non-hydrogen) atoms. The lowest BCUT2D eigenvalue weighted by Gasteiger charge is -2.21. The average molecular weight is 441 g/mol. The van der Waals surface area contributed by atoms with Crippen molar-refractivity contribution in [2.45, 2.75) is 22.6 Å². The van der Waals surface area contributed by atoms with Gasteiger partial charge in [0.05, 0.1) is 16.8 Å². The lowest BCUT2D eigenvalue weighted by Crippen LogP contribution is -2.37. The molecule has 0 bridgehead atoms. The Labute approximate surface area is 170 Å². The minimum absolute atomic E-state index is 0.119. The smallest absolute Gasteiger partial charge is 0.246 e. The zero-order valence-corrected chi connectivity index (χ0v) is 17.8. The van der Waals surface area contributed by atoms with Crippen molar-refractivity contribution in [2.24, 2.45) is 7.05 Å². The van der Waals surface area contributed by atoms with Gasteiger partial charge < -0.3 is 4.90 Å². The van der Waals surface area contributed by atoms with E-state index in [1.165, 1.54) is 33.5 Å². The minimum Gasteiger partial charge on any atom is -0.341 e. The van der Waals surface area contributed by atoms with E-state index < -0.39 is 19.9 Å². The van der Waals surface area contributed by atoms with Crippen molar-refractivity contribution < 1.29 is 21.6 Å². The number of hydrogen-bond acceptors (Lipinski definition) is 6. The van der Waals surface area contributed by atoms with E-state index in [9.17, 15) is 21.6 Å². The maximum Gasteiger partial charge on any atom is 0.246 e. The van der Waals surface area contributed by atoms with E-state index in [-0.39, 0.29) is 41.0 Å². The molecule has 0 saturated carbocycles. The Morgan fingerprint density at radius 2 is 1.72 bits per heavy atom. The quantitative estimate of drug-likeness (QED) is 0.647. The second kappa shape index (κ2) is 8.64. The van der Waals surface area contributed by atoms with Crippen molar-refractivity contribution in [3.63, 3.8) is 0 Å². The summed E-state index contributed by atoms with van der Waals surface area (Å²) in [6.45, 7) is 1.07. The van der Waals surface area contributed by atoms with Gasteiger partial charge in [-0.2, -0.15) is 9.40 Å². The predicted octanol–water partition coefficient (Wildman–Crippen LogP) is 0.507. The van der Waals surface area contributed by atoms with Crippen LogP contribution in [0.3, 0.4) is 0 Å². The standard InChI is InChI=1S/C18H24N4O5S2/c1-20-15-17(14-19-20)29(26,27)22-10-5-9-21(11-12-22)18(23)8-13-28(24,25)16-6-3-2-4-7-16/h2-4,6-7,14-15H,5,8-13H2,1H3. The summed E-state index contributed by atoms with van der Waals surface area (Å²) in [6, 6.07) is 8.02. The lowest BCUT2D eigenvalue weighted by atomic mass is 10.3. The molecule has 0 unspecified atom stereocenters. The first-order valence-corrected chi connectivity index (χ1v) is 12.3. The van der Waals surface area contributed by atoms with Crippen molar-refractivity contribution in [1.82, 2.24) is 19.0 Å². The van der Waals surface area contributed by atoms with Crippen molar-refractivity contribution in [2.75, 3.05) is 31.9 Å². The molecule has 1 amide bonds. The van der Waals surface area contributed by atoms with Gasteiger partial charge in [-0.05, 0) is 18.6 Å². The maximum atomic E-state index is 12.7. The van der Waals surface area contributed by atoms with Crippen LogP contribution in [0.4, 0.5) is 0 Å². The molecule has 0 atom stereocenters. The van der Waals surface area contributed by atoms with Gasteiger partial charge in [-0.25, -0.2) is 16.8 Å². The van der Waals surface area contributed by atoms with E-state index in [1.54, 1.807) is 30.1 Å². The Morgan fingerprint density at radius 1 is 1.00 bits per heavy atom. The van der Waals surface area contributed by atoms with Crippen LogP contribution in [0.2, 0.25) is 0 Å². The fraction of sp³-hybridized carbons (Fsp3) is 0.444. The highest BCUT2D eigenvalue weighted by molar-refractivity contribution is 7.91. The van der Waals surface area contributed by atoms with Crippen LogP contribution < -0.4 is 0 Å². The van der Waals surface area contributed by atoms with Crippen LogP contribution in [0.5, 0.6) is 0 Å². The van der Waals surface area contributed by atoms with Gasteiger partial charge in [-0.1, -0.05) is 18.2 Å². The molecule has 1 fully saturated rings. The highest BCUT2D eigenvalue weighted by Crippen LogP contribution is 2.18. The van der Waals surface area contributed by atoms with Crippen LogP contribution in [0, 0.1) is 0 Å². The molecule has 1 aliphatic heterocycles. The van der Waals surface area contributed by atoms with E-state index in [1.807, 2.05) is 0 Å². The predicted molar refractivity (Wildman–Crippen MR) is 106 cm³/mol. The van der Waals surface area contributed by atoms with Crippen LogP contribution in [0.15, 0.2) is 52.5 Å². The van der Waals surface area contributed by atoms with Gasteiger partial charge in [0.15, 0.2) is 9.84 Å². The molecule has 1 aliphatic rings. The molecular formula is C18H24N4O5S2. The Bertz CT molecular complexity index is 1060. The summed E-state index contributed by atoms with van der Waals surface area (Å²) in [4.78, 5) is 14.4. The third-order valence-electron chi connectivity index (χ3n) is 4.81. The zero-order chi connectivity index (χ0) is 21.1. The highest BCUT2D eigenvalue weighted by atomic mass is 32.2. The average Bonchev–Trinajstić information content (AvgIpc) is 2.99. The molecule has 0 aliphatic carbocycles. The normalized spacial score (nSPS) is 16.5. The molecule has 9 nitrogen and oxygen atoms in total. The first-order valence-electron chi connectivity index (χ1n) is 9.24. The monoisotopic (exact) mass is 440 g/mol. The molecule has 1 saturated heterocycles. The second-order valence-electron chi connectivity index (χ2n) is 6.87. The van der Waals surface area contributed by atoms with E-state index in [4.69, 9.17) is 0 Å². The van der Waals surface area contributed by atoms with Crippen molar-refractivity contribution in [3.8, 4) is 0 Å². The van der Waals surface area contributed by atoms with Gasteiger partial charge in [-0.15, -0.1) is 0 Å². The van der Waals surface area contributed by atoms with Gasteiger partial charge in [-0.3, -0.25) is 9.48 Å². The van der Waals surface area contributed by atoms with E-state index in [0.717, 1.165) is 0 Å². The topological polar surface area (TPSA) is 110 Å². The van der Waals surface area contributed by atoms with E-state index >= 15 is 0 Å². The molecule has 0 spiro atoms. The number of sulfonamides is 1. The van der Waals surface area contributed by atoms with Crippen LogP contribution in [-0.2, 0) is 31.7 Å². The summed E-state index contributed by atoms with van der Waals surface area (Å²) in [6.07, 6.45) is 3.10. The molecular weight excluding hydrogens is 416 g/mol. The lowest BCUT2D eigenvalue weighted by molar-refractivity contribution is -0.130. The molecule has 2 heterocycles. The molecule has 0 radical (unpaired) electrons. The van der Waals surface area contributed by atoms with Crippen LogP contribution in [0.1, 0.15) is 12.8 Å². The van der Waals surface area contributed by atoms with E-state index in [0.29, 0.717) is 19.5 Å². The summed E-state index contributed by atoms with van der Waals surface area (Å²) in [5.41, 5.74) is 0. The number of nitrogens with zero attached hydrogens (tertiary/aromatic N) is 4. The number of hydrogen-bond donors (Lipinski definition) is 0. The molecule has 1 aromatic heterocycles. The summed E-state index contributed by atoms with van der Waals surface area (Å²) in [5.74, 6) is -0.561. The zero-order valence-electron chi connectivity index (χ0n) is 16.1.